The monoisotopic (exact) mass is 247 g/mol. The van der Waals surface area contributed by atoms with Crippen molar-refractivity contribution < 1.29 is 0 Å². The minimum atomic E-state index is -1.43. The van der Waals surface area contributed by atoms with Crippen molar-refractivity contribution in [1.29, 1.82) is 0 Å². The normalized spacial score (nSPS) is 19.8. The van der Waals surface area contributed by atoms with Gasteiger partial charge in [-0.05, 0) is 26.9 Å². The van der Waals surface area contributed by atoms with Gasteiger partial charge in [0, 0.05) is 5.16 Å². The van der Waals surface area contributed by atoms with E-state index in [0.717, 1.165) is 0 Å². The van der Waals surface area contributed by atoms with E-state index in [4.69, 9.17) is 0 Å². The Kier molecular flexibility index (Phi) is 3.46. The lowest BCUT2D eigenvalue weighted by atomic mass is 10.2. The first-order valence-corrected chi connectivity index (χ1v) is 9.74. The molecule has 0 spiro atoms. The quantitative estimate of drug-likeness (QED) is 0.742. The Bertz CT molecular complexity index is 364. The fourth-order valence-corrected chi connectivity index (χ4v) is 8.00. The van der Waals surface area contributed by atoms with Crippen LogP contribution in [-0.4, -0.2) is 32.2 Å². The number of rotatable bonds is 3. The highest BCUT2D eigenvalue weighted by Gasteiger charge is 2.50. The molecule has 0 amide bonds. The molecular formula is C15H25NSi. The van der Waals surface area contributed by atoms with E-state index < -0.39 is 8.07 Å². The van der Waals surface area contributed by atoms with E-state index in [1.54, 1.807) is 5.19 Å². The summed E-state index contributed by atoms with van der Waals surface area (Å²) in [6, 6.07) is 11.2. The van der Waals surface area contributed by atoms with Crippen LogP contribution in [0.25, 0.3) is 0 Å². The predicted molar refractivity (Wildman–Crippen MR) is 78.4 cm³/mol. The van der Waals surface area contributed by atoms with Crippen LogP contribution in [0.2, 0.25) is 13.1 Å². The Balaban J connectivity index is 2.42. The smallest absolute Gasteiger partial charge is 0.102 e. The van der Waals surface area contributed by atoms with Gasteiger partial charge in [-0.25, -0.2) is 0 Å². The van der Waals surface area contributed by atoms with Crippen LogP contribution in [0.4, 0.5) is 0 Å². The van der Waals surface area contributed by atoms with Gasteiger partial charge in [0.15, 0.2) is 0 Å². The van der Waals surface area contributed by atoms with Gasteiger partial charge in [0.2, 0.25) is 0 Å². The lowest BCUT2D eigenvalue weighted by Crippen LogP contribution is -2.67. The number of hydrogen-bond acceptors (Lipinski definition) is 1. The molecule has 94 valence electrons. The first-order chi connectivity index (χ1) is 8.01. The van der Waals surface area contributed by atoms with Gasteiger partial charge in [-0.3, -0.25) is 0 Å². The third-order valence-corrected chi connectivity index (χ3v) is 10.00. The molecule has 1 saturated carbocycles. The second kappa shape index (κ2) is 4.58. The van der Waals surface area contributed by atoms with Crippen molar-refractivity contribution in [3.63, 3.8) is 0 Å². The molecule has 0 aliphatic heterocycles. The van der Waals surface area contributed by atoms with Crippen LogP contribution >= 0.6 is 0 Å². The molecule has 2 heteroatoms. The van der Waals surface area contributed by atoms with E-state index in [2.05, 4.69) is 62.4 Å². The van der Waals surface area contributed by atoms with Crippen molar-refractivity contribution in [3.8, 4) is 0 Å². The lowest BCUT2D eigenvalue weighted by Gasteiger charge is -2.48. The second-order valence-electron chi connectivity index (χ2n) is 6.12. The molecule has 0 bridgehead atoms. The van der Waals surface area contributed by atoms with E-state index >= 15 is 0 Å². The van der Waals surface area contributed by atoms with E-state index in [-0.39, 0.29) is 0 Å². The fraction of sp³-hybridized carbons (Fsp3) is 0.600. The maximum atomic E-state index is 2.55. The van der Waals surface area contributed by atoms with Gasteiger partial charge >= 0.3 is 0 Å². The largest absolute Gasteiger partial charge is 0.306 e. The summed E-state index contributed by atoms with van der Waals surface area (Å²) in [5, 5.41) is 2.07. The summed E-state index contributed by atoms with van der Waals surface area (Å²) in [6.07, 6.45) is 5.57. The van der Waals surface area contributed by atoms with E-state index in [0.29, 0.717) is 5.16 Å². The maximum Gasteiger partial charge on any atom is 0.102 e. The highest BCUT2D eigenvalue weighted by atomic mass is 28.3. The van der Waals surface area contributed by atoms with Gasteiger partial charge < -0.3 is 4.90 Å². The summed E-state index contributed by atoms with van der Waals surface area (Å²) in [5.41, 5.74) is 0. The Labute approximate surface area is 107 Å². The topological polar surface area (TPSA) is 3.24 Å². The SMILES string of the molecule is CN(C)C1([Si](C)(C)c2ccccc2)CCCC1. The lowest BCUT2D eigenvalue weighted by molar-refractivity contribution is 0.240. The molecule has 2 rings (SSSR count). The Morgan fingerprint density at radius 2 is 1.53 bits per heavy atom. The van der Waals surface area contributed by atoms with Crippen molar-refractivity contribution in [2.45, 2.75) is 43.9 Å². The number of benzene rings is 1. The minimum absolute atomic E-state index is 0.467. The zero-order valence-corrected chi connectivity index (χ0v) is 12.7. The van der Waals surface area contributed by atoms with Crippen LogP contribution < -0.4 is 5.19 Å². The summed E-state index contributed by atoms with van der Waals surface area (Å²) in [6.45, 7) is 5.10. The summed E-state index contributed by atoms with van der Waals surface area (Å²) in [5.74, 6) is 0. The van der Waals surface area contributed by atoms with E-state index in [1.165, 1.54) is 25.7 Å². The molecule has 1 aromatic rings. The predicted octanol–water partition coefficient (Wildman–Crippen LogP) is 3.02. The van der Waals surface area contributed by atoms with Gasteiger partial charge in [-0.2, -0.15) is 0 Å². The average Bonchev–Trinajstić information content (AvgIpc) is 2.81. The minimum Gasteiger partial charge on any atom is -0.306 e. The van der Waals surface area contributed by atoms with Crippen LogP contribution in [0, 0.1) is 0 Å². The maximum absolute atomic E-state index is 2.55. The molecular weight excluding hydrogens is 222 g/mol. The Morgan fingerprint density at radius 1 is 1.00 bits per heavy atom. The van der Waals surface area contributed by atoms with Gasteiger partial charge in [-0.15, -0.1) is 0 Å². The van der Waals surface area contributed by atoms with Gasteiger partial charge in [0.05, 0.1) is 0 Å². The van der Waals surface area contributed by atoms with Crippen molar-refractivity contribution in [2.75, 3.05) is 14.1 Å². The summed E-state index contributed by atoms with van der Waals surface area (Å²) >= 11 is 0. The molecule has 1 fully saturated rings. The molecule has 0 unspecified atom stereocenters. The van der Waals surface area contributed by atoms with Crippen LogP contribution in [-0.2, 0) is 0 Å². The van der Waals surface area contributed by atoms with Crippen LogP contribution in [0.5, 0.6) is 0 Å². The summed E-state index contributed by atoms with van der Waals surface area (Å²) in [7, 11) is 3.13. The summed E-state index contributed by atoms with van der Waals surface area (Å²) < 4.78 is 0. The van der Waals surface area contributed by atoms with Gasteiger partial charge in [0.1, 0.15) is 8.07 Å². The first kappa shape index (κ1) is 12.8. The average molecular weight is 247 g/mol. The van der Waals surface area contributed by atoms with Crippen molar-refractivity contribution in [2.24, 2.45) is 0 Å². The molecule has 0 heterocycles. The van der Waals surface area contributed by atoms with E-state index in [1.807, 2.05) is 0 Å². The van der Waals surface area contributed by atoms with Crippen LogP contribution in [0.15, 0.2) is 30.3 Å². The first-order valence-electron chi connectivity index (χ1n) is 6.74. The molecule has 1 aliphatic carbocycles. The third kappa shape index (κ3) is 1.98. The fourth-order valence-electron chi connectivity index (χ4n) is 3.71. The van der Waals surface area contributed by atoms with Crippen molar-refractivity contribution >= 4 is 13.3 Å². The molecule has 1 nitrogen and oxygen atoms in total. The molecule has 0 aromatic heterocycles. The highest BCUT2D eigenvalue weighted by molar-refractivity contribution is 6.92. The van der Waals surface area contributed by atoms with E-state index in [9.17, 15) is 0 Å². The molecule has 1 aromatic carbocycles. The van der Waals surface area contributed by atoms with Crippen LogP contribution in [0.1, 0.15) is 25.7 Å². The van der Waals surface area contributed by atoms with Crippen molar-refractivity contribution in [1.82, 2.24) is 4.90 Å². The van der Waals surface area contributed by atoms with Crippen molar-refractivity contribution in [3.05, 3.63) is 30.3 Å². The van der Waals surface area contributed by atoms with Crippen LogP contribution in [0.3, 0.4) is 0 Å². The summed E-state index contributed by atoms with van der Waals surface area (Å²) in [4.78, 5) is 2.53. The van der Waals surface area contributed by atoms with Gasteiger partial charge in [-0.1, -0.05) is 61.5 Å². The number of hydrogen-bond donors (Lipinski definition) is 0. The molecule has 0 atom stereocenters. The Hall–Kier alpha value is -0.603. The molecule has 17 heavy (non-hydrogen) atoms. The molecule has 0 radical (unpaired) electrons. The standard InChI is InChI=1S/C15H25NSi/c1-16(2)15(12-8-9-13-15)17(3,4)14-10-6-5-7-11-14/h5-7,10-11H,8-9,12-13H2,1-4H3. The second-order valence-corrected chi connectivity index (χ2v) is 10.9. The zero-order valence-electron chi connectivity index (χ0n) is 11.7. The number of nitrogens with zero attached hydrogens (tertiary/aromatic N) is 1. The Morgan fingerprint density at radius 3 is 2.00 bits per heavy atom. The highest BCUT2D eigenvalue weighted by Crippen LogP contribution is 2.40. The molecule has 0 saturated heterocycles. The van der Waals surface area contributed by atoms with Gasteiger partial charge in [0.25, 0.3) is 0 Å². The third-order valence-electron chi connectivity index (χ3n) is 4.95. The molecule has 0 N–H and O–H groups in total. The molecule has 1 aliphatic rings. The zero-order chi connectivity index (χ0) is 12.5.